The third-order valence-electron chi connectivity index (χ3n) is 6.63. The zero-order chi connectivity index (χ0) is 18.7. The van der Waals surface area contributed by atoms with Crippen LogP contribution in [0, 0.1) is 23.7 Å². The average Bonchev–Trinajstić information content (AvgIpc) is 3.55. The smallest absolute Gasteiger partial charge is 0.225 e. The van der Waals surface area contributed by atoms with E-state index in [1.807, 2.05) is 12.1 Å². The molecule has 3 aliphatic rings. The number of amides is 1. The summed E-state index contributed by atoms with van der Waals surface area (Å²) in [4.78, 5) is 17.0. The molecule has 0 unspecified atom stereocenters. The largest absolute Gasteiger partial charge is 0.481 e. The maximum Gasteiger partial charge on any atom is 0.225 e. The van der Waals surface area contributed by atoms with E-state index in [0.717, 1.165) is 51.3 Å². The minimum Gasteiger partial charge on any atom is -0.481 e. The van der Waals surface area contributed by atoms with Gasteiger partial charge in [0.1, 0.15) is 12.4 Å². The summed E-state index contributed by atoms with van der Waals surface area (Å²) >= 11 is 0. The summed E-state index contributed by atoms with van der Waals surface area (Å²) < 4.78 is 5.44. The molecule has 0 N–H and O–H groups in total. The first-order valence-corrected chi connectivity index (χ1v) is 10.3. The number of ether oxygens (including phenoxy) is 1. The van der Waals surface area contributed by atoms with Crippen LogP contribution in [0.5, 0.6) is 5.75 Å². The van der Waals surface area contributed by atoms with Crippen molar-refractivity contribution in [2.45, 2.75) is 45.1 Å². The summed E-state index contributed by atoms with van der Waals surface area (Å²) in [6, 6.07) is 8.28. The number of hydrogen-bond donors (Lipinski definition) is 0. The Bertz CT molecular complexity index is 684. The van der Waals surface area contributed by atoms with Crippen LogP contribution >= 0.6 is 0 Å². The molecule has 2 aliphatic heterocycles. The molecule has 1 aromatic rings. The van der Waals surface area contributed by atoms with Crippen molar-refractivity contribution in [1.29, 1.82) is 0 Å². The van der Waals surface area contributed by atoms with Gasteiger partial charge in [0.15, 0.2) is 0 Å². The lowest BCUT2D eigenvalue weighted by atomic mass is 9.71. The van der Waals surface area contributed by atoms with Gasteiger partial charge in [-0.15, -0.1) is 6.42 Å². The van der Waals surface area contributed by atoms with Gasteiger partial charge in [0.2, 0.25) is 5.91 Å². The van der Waals surface area contributed by atoms with E-state index in [0.29, 0.717) is 23.8 Å². The van der Waals surface area contributed by atoms with E-state index in [1.54, 1.807) is 0 Å². The molecular formula is C23H30N2O2. The highest BCUT2D eigenvalue weighted by Gasteiger charge is 2.41. The Labute approximate surface area is 162 Å². The average molecular weight is 367 g/mol. The van der Waals surface area contributed by atoms with Gasteiger partial charge < -0.3 is 9.64 Å². The summed E-state index contributed by atoms with van der Waals surface area (Å²) in [5.74, 6) is 4.12. The molecule has 2 heterocycles. The van der Waals surface area contributed by atoms with Crippen LogP contribution in [0.2, 0.25) is 0 Å². The Balaban J connectivity index is 1.23. The second-order valence-electron chi connectivity index (χ2n) is 8.51. The Morgan fingerprint density at radius 1 is 1.07 bits per heavy atom. The van der Waals surface area contributed by atoms with Gasteiger partial charge in [0.05, 0.1) is 0 Å². The minimum atomic E-state index is 0.317. The van der Waals surface area contributed by atoms with Gasteiger partial charge in [-0.1, -0.05) is 18.1 Å². The van der Waals surface area contributed by atoms with Gasteiger partial charge in [-0.3, -0.25) is 9.69 Å². The quantitative estimate of drug-likeness (QED) is 0.750. The van der Waals surface area contributed by atoms with Crippen LogP contribution < -0.4 is 4.74 Å². The van der Waals surface area contributed by atoms with E-state index in [1.165, 1.54) is 31.2 Å². The first-order valence-electron chi connectivity index (χ1n) is 10.3. The third-order valence-corrected chi connectivity index (χ3v) is 6.63. The van der Waals surface area contributed by atoms with Crippen molar-refractivity contribution in [1.82, 2.24) is 9.80 Å². The molecule has 1 aliphatic carbocycles. The molecule has 0 radical (unpaired) electrons. The molecule has 1 saturated carbocycles. The summed E-state index contributed by atoms with van der Waals surface area (Å²) in [5.41, 5.74) is 1.80. The van der Waals surface area contributed by atoms with Crippen molar-refractivity contribution in [3.05, 3.63) is 29.8 Å². The molecule has 0 aromatic heterocycles. The van der Waals surface area contributed by atoms with Gasteiger partial charge in [-0.25, -0.2) is 0 Å². The van der Waals surface area contributed by atoms with Crippen LogP contribution in [0.25, 0.3) is 0 Å². The van der Waals surface area contributed by atoms with E-state index < -0.39 is 0 Å². The van der Waals surface area contributed by atoms with Crippen molar-refractivity contribution in [2.75, 3.05) is 32.8 Å². The predicted octanol–water partition coefficient (Wildman–Crippen LogP) is 3.31. The van der Waals surface area contributed by atoms with Gasteiger partial charge in [-0.2, -0.15) is 0 Å². The highest BCUT2D eigenvalue weighted by molar-refractivity contribution is 5.81. The molecule has 1 spiro atoms. The number of hydrogen-bond acceptors (Lipinski definition) is 3. The second-order valence-corrected chi connectivity index (χ2v) is 8.51. The molecule has 2 saturated heterocycles. The van der Waals surface area contributed by atoms with Gasteiger partial charge in [0.25, 0.3) is 0 Å². The van der Waals surface area contributed by atoms with E-state index >= 15 is 0 Å². The van der Waals surface area contributed by atoms with Gasteiger partial charge in [0, 0.05) is 25.6 Å². The van der Waals surface area contributed by atoms with Crippen molar-refractivity contribution >= 4 is 5.91 Å². The Kier molecular flexibility index (Phi) is 5.41. The molecule has 4 heteroatoms. The number of carbonyl (C=O) groups is 1. The Hall–Kier alpha value is -1.99. The molecule has 4 nitrogen and oxygen atoms in total. The summed E-state index contributed by atoms with van der Waals surface area (Å²) in [6.45, 7) is 5.59. The highest BCUT2D eigenvalue weighted by Crippen LogP contribution is 2.42. The highest BCUT2D eigenvalue weighted by atomic mass is 16.5. The molecule has 4 rings (SSSR count). The number of rotatable bonds is 5. The number of carbonyl (C=O) groups excluding carboxylic acids is 1. The molecule has 3 fully saturated rings. The lowest BCUT2D eigenvalue weighted by molar-refractivity contribution is -0.135. The monoisotopic (exact) mass is 366 g/mol. The molecule has 27 heavy (non-hydrogen) atoms. The lowest BCUT2D eigenvalue weighted by Crippen LogP contribution is -2.48. The predicted molar refractivity (Wildman–Crippen MR) is 106 cm³/mol. The fraction of sp³-hybridized carbons (Fsp3) is 0.609. The van der Waals surface area contributed by atoms with Crippen LogP contribution in [-0.2, 0) is 11.3 Å². The second kappa shape index (κ2) is 7.94. The molecular weight excluding hydrogens is 336 g/mol. The van der Waals surface area contributed by atoms with Crippen molar-refractivity contribution < 1.29 is 9.53 Å². The molecule has 0 atom stereocenters. The molecule has 1 aromatic carbocycles. The number of benzene rings is 1. The Morgan fingerprint density at radius 2 is 1.70 bits per heavy atom. The van der Waals surface area contributed by atoms with Crippen LogP contribution in [0.3, 0.4) is 0 Å². The molecule has 1 amide bonds. The van der Waals surface area contributed by atoms with E-state index in [4.69, 9.17) is 11.2 Å². The summed E-state index contributed by atoms with van der Waals surface area (Å²) in [5, 5.41) is 0. The van der Waals surface area contributed by atoms with Gasteiger partial charge in [-0.05, 0) is 74.7 Å². The van der Waals surface area contributed by atoms with E-state index in [-0.39, 0.29) is 0 Å². The Morgan fingerprint density at radius 3 is 2.30 bits per heavy atom. The minimum absolute atomic E-state index is 0.317. The number of piperidine rings is 2. The normalized spacial score (nSPS) is 22.4. The summed E-state index contributed by atoms with van der Waals surface area (Å²) in [7, 11) is 0. The van der Waals surface area contributed by atoms with Crippen LogP contribution in [0.1, 0.15) is 44.1 Å². The fourth-order valence-corrected chi connectivity index (χ4v) is 4.55. The standard InChI is InChI=1S/C23H30N2O2/c1-2-17-27-21-7-3-19(4-8-21)18-24-13-9-23(10-14-24)11-15-25(16-12-23)22(26)20-5-6-20/h1,3-4,7-8,20H,5-6,9-18H2. The van der Waals surface area contributed by atoms with Crippen LogP contribution in [0.15, 0.2) is 24.3 Å². The first-order chi connectivity index (χ1) is 13.2. The van der Waals surface area contributed by atoms with Crippen molar-refractivity contribution in [3.63, 3.8) is 0 Å². The number of terminal acetylenes is 1. The molecule has 144 valence electrons. The maximum absolute atomic E-state index is 12.3. The number of nitrogens with zero attached hydrogens (tertiary/aromatic N) is 2. The van der Waals surface area contributed by atoms with Gasteiger partial charge >= 0.3 is 0 Å². The topological polar surface area (TPSA) is 32.8 Å². The van der Waals surface area contributed by atoms with E-state index in [2.05, 4.69) is 27.9 Å². The zero-order valence-electron chi connectivity index (χ0n) is 16.2. The fourth-order valence-electron chi connectivity index (χ4n) is 4.55. The SMILES string of the molecule is C#CCOc1ccc(CN2CCC3(CC2)CCN(C(=O)C2CC2)CC3)cc1. The zero-order valence-corrected chi connectivity index (χ0v) is 16.2. The summed E-state index contributed by atoms with van der Waals surface area (Å²) in [6.07, 6.45) is 12.4. The molecule has 0 bridgehead atoms. The van der Waals surface area contributed by atoms with Crippen molar-refractivity contribution in [2.24, 2.45) is 11.3 Å². The van der Waals surface area contributed by atoms with Crippen LogP contribution in [0.4, 0.5) is 0 Å². The van der Waals surface area contributed by atoms with Crippen molar-refractivity contribution in [3.8, 4) is 18.1 Å². The van der Waals surface area contributed by atoms with E-state index in [9.17, 15) is 4.79 Å². The third kappa shape index (κ3) is 4.47. The first kappa shape index (κ1) is 18.4. The van der Waals surface area contributed by atoms with Crippen LogP contribution in [-0.4, -0.2) is 48.5 Å². The number of likely N-dealkylation sites (tertiary alicyclic amines) is 2. The maximum atomic E-state index is 12.3. The lowest BCUT2D eigenvalue weighted by Gasteiger charge is -2.47.